The van der Waals surface area contributed by atoms with Gasteiger partial charge in [-0.1, -0.05) is 6.07 Å². The Morgan fingerprint density at radius 3 is 2.96 bits per heavy atom. The van der Waals surface area contributed by atoms with Crippen molar-refractivity contribution in [3.63, 3.8) is 0 Å². The molecule has 1 unspecified atom stereocenters. The molecule has 0 aromatic carbocycles. The van der Waals surface area contributed by atoms with Crippen LogP contribution >= 0.6 is 0 Å². The second-order valence-corrected chi connectivity index (χ2v) is 8.16. The van der Waals surface area contributed by atoms with E-state index in [1.165, 1.54) is 5.56 Å². The smallest absolute Gasteiger partial charge is 0.227 e. The SMILES string of the molecule is O=C(C1CCCN(c2ccccn2)C1)N1CCC2(CC1)OCCc1cn[nH]c12. The first kappa shape index (κ1) is 17.7. The summed E-state index contributed by atoms with van der Waals surface area (Å²) in [6, 6.07) is 5.96. The topological polar surface area (TPSA) is 74.3 Å². The largest absolute Gasteiger partial charge is 0.368 e. The highest BCUT2D eigenvalue weighted by atomic mass is 16.5. The lowest BCUT2D eigenvalue weighted by molar-refractivity contribution is -0.145. The fraction of sp³-hybridized carbons (Fsp3) is 0.571. The number of likely N-dealkylation sites (tertiary alicyclic amines) is 1. The van der Waals surface area contributed by atoms with E-state index in [4.69, 9.17) is 4.74 Å². The molecule has 3 aliphatic heterocycles. The van der Waals surface area contributed by atoms with Gasteiger partial charge in [0, 0.05) is 32.4 Å². The lowest BCUT2D eigenvalue weighted by atomic mass is 9.83. The molecule has 0 radical (unpaired) electrons. The molecule has 7 nitrogen and oxygen atoms in total. The maximum atomic E-state index is 13.2. The standard InChI is InChI=1S/C21H27N5O2/c27-20(17-4-3-10-26(15-17)18-5-1-2-9-22-18)25-11-7-21(8-12-25)19-16(6-13-28-21)14-23-24-19/h1-2,5,9,14,17H,3-4,6-8,10-13,15H2,(H,23,24). The van der Waals surface area contributed by atoms with Gasteiger partial charge < -0.3 is 14.5 Å². The Labute approximate surface area is 165 Å². The summed E-state index contributed by atoms with van der Waals surface area (Å²) < 4.78 is 6.21. The number of hydrogen-bond donors (Lipinski definition) is 1. The van der Waals surface area contributed by atoms with Crippen LogP contribution in [0.4, 0.5) is 5.82 Å². The van der Waals surface area contributed by atoms with Crippen LogP contribution in [0.1, 0.15) is 36.9 Å². The molecule has 2 fully saturated rings. The highest BCUT2D eigenvalue weighted by molar-refractivity contribution is 5.80. The van der Waals surface area contributed by atoms with E-state index in [0.29, 0.717) is 0 Å². The molecule has 0 saturated carbocycles. The van der Waals surface area contributed by atoms with Crippen molar-refractivity contribution < 1.29 is 9.53 Å². The second-order valence-electron chi connectivity index (χ2n) is 8.16. The minimum Gasteiger partial charge on any atom is -0.368 e. The third-order valence-corrected chi connectivity index (χ3v) is 6.55. The van der Waals surface area contributed by atoms with Crippen LogP contribution in [0, 0.1) is 5.92 Å². The van der Waals surface area contributed by atoms with Crippen molar-refractivity contribution in [1.82, 2.24) is 20.1 Å². The van der Waals surface area contributed by atoms with Gasteiger partial charge in [0.15, 0.2) is 0 Å². The number of ether oxygens (including phenoxy) is 1. The molecule has 1 atom stereocenters. The van der Waals surface area contributed by atoms with Crippen LogP contribution in [-0.2, 0) is 21.6 Å². The molecule has 2 aromatic heterocycles. The number of aromatic nitrogens is 3. The predicted molar refractivity (Wildman–Crippen MR) is 105 cm³/mol. The third kappa shape index (κ3) is 3.07. The number of pyridine rings is 1. The summed E-state index contributed by atoms with van der Waals surface area (Å²) in [4.78, 5) is 22.0. The van der Waals surface area contributed by atoms with Crippen LogP contribution in [0.5, 0.6) is 0 Å². The molecule has 5 rings (SSSR count). The fourth-order valence-corrected chi connectivity index (χ4v) is 4.99. The van der Waals surface area contributed by atoms with Gasteiger partial charge in [-0.3, -0.25) is 9.89 Å². The average molecular weight is 381 g/mol. The number of amides is 1. The van der Waals surface area contributed by atoms with Gasteiger partial charge in [-0.05, 0) is 49.8 Å². The molecule has 0 bridgehead atoms. The maximum Gasteiger partial charge on any atom is 0.227 e. The van der Waals surface area contributed by atoms with E-state index in [1.807, 2.05) is 35.5 Å². The van der Waals surface area contributed by atoms with Crippen molar-refractivity contribution in [3.05, 3.63) is 41.9 Å². The molecule has 148 valence electrons. The highest BCUT2D eigenvalue weighted by Crippen LogP contribution is 2.40. The highest BCUT2D eigenvalue weighted by Gasteiger charge is 2.44. The van der Waals surface area contributed by atoms with Gasteiger partial charge in [-0.2, -0.15) is 5.10 Å². The summed E-state index contributed by atoms with van der Waals surface area (Å²) in [6.07, 6.45) is 8.33. The summed E-state index contributed by atoms with van der Waals surface area (Å²) in [5.74, 6) is 1.32. The molecule has 2 aromatic rings. The molecule has 0 aliphatic carbocycles. The van der Waals surface area contributed by atoms with E-state index < -0.39 is 0 Å². The lowest BCUT2D eigenvalue weighted by Crippen LogP contribution is -2.51. The maximum absolute atomic E-state index is 13.2. The number of anilines is 1. The minimum absolute atomic E-state index is 0.0554. The Kier molecular flexibility index (Phi) is 4.55. The first-order chi connectivity index (χ1) is 13.8. The third-order valence-electron chi connectivity index (χ3n) is 6.55. The van der Waals surface area contributed by atoms with Crippen LogP contribution in [0.25, 0.3) is 0 Å². The Hall–Kier alpha value is -2.41. The van der Waals surface area contributed by atoms with E-state index in [1.54, 1.807) is 0 Å². The Balaban J connectivity index is 1.24. The van der Waals surface area contributed by atoms with Gasteiger partial charge in [0.25, 0.3) is 0 Å². The number of nitrogens with zero attached hydrogens (tertiary/aromatic N) is 4. The number of carbonyl (C=O) groups excluding carboxylic acids is 1. The van der Waals surface area contributed by atoms with Gasteiger partial charge in [0.2, 0.25) is 5.91 Å². The molecule has 5 heterocycles. The second kappa shape index (κ2) is 7.20. The van der Waals surface area contributed by atoms with Gasteiger partial charge >= 0.3 is 0 Å². The fourth-order valence-electron chi connectivity index (χ4n) is 4.99. The van der Waals surface area contributed by atoms with E-state index in [9.17, 15) is 4.79 Å². The van der Waals surface area contributed by atoms with E-state index in [0.717, 1.165) is 76.4 Å². The van der Waals surface area contributed by atoms with Crippen molar-refractivity contribution in [2.45, 2.75) is 37.7 Å². The van der Waals surface area contributed by atoms with E-state index in [-0.39, 0.29) is 17.4 Å². The Morgan fingerprint density at radius 1 is 1.25 bits per heavy atom. The number of fused-ring (bicyclic) bond motifs is 2. The monoisotopic (exact) mass is 381 g/mol. The van der Waals surface area contributed by atoms with Gasteiger partial charge in [-0.25, -0.2) is 4.98 Å². The molecule has 2 saturated heterocycles. The predicted octanol–water partition coefficient (Wildman–Crippen LogP) is 2.11. The average Bonchev–Trinajstić information content (AvgIpc) is 3.25. The lowest BCUT2D eigenvalue weighted by Gasteiger charge is -2.44. The van der Waals surface area contributed by atoms with Gasteiger partial charge in [0.1, 0.15) is 11.4 Å². The molecule has 1 N–H and O–H groups in total. The molecule has 3 aliphatic rings. The number of H-pyrrole nitrogens is 1. The number of rotatable bonds is 2. The van der Waals surface area contributed by atoms with Crippen molar-refractivity contribution in [2.75, 3.05) is 37.7 Å². The Bertz CT molecular complexity index is 828. The zero-order valence-corrected chi connectivity index (χ0v) is 16.1. The molecule has 1 spiro atoms. The van der Waals surface area contributed by atoms with Crippen LogP contribution in [0.15, 0.2) is 30.6 Å². The minimum atomic E-state index is -0.284. The van der Waals surface area contributed by atoms with Crippen molar-refractivity contribution in [3.8, 4) is 0 Å². The van der Waals surface area contributed by atoms with Gasteiger partial charge in [0.05, 0.1) is 24.4 Å². The van der Waals surface area contributed by atoms with Crippen molar-refractivity contribution in [2.24, 2.45) is 5.92 Å². The summed E-state index contributed by atoms with van der Waals surface area (Å²) in [6.45, 7) is 3.97. The number of carbonyl (C=O) groups is 1. The molecule has 1 amide bonds. The zero-order chi connectivity index (χ0) is 19.0. The zero-order valence-electron chi connectivity index (χ0n) is 16.1. The van der Waals surface area contributed by atoms with E-state index >= 15 is 0 Å². The number of nitrogens with one attached hydrogen (secondary N) is 1. The van der Waals surface area contributed by atoms with Crippen molar-refractivity contribution >= 4 is 11.7 Å². The normalized spacial score (nSPS) is 24.2. The van der Waals surface area contributed by atoms with E-state index in [2.05, 4.69) is 20.1 Å². The van der Waals surface area contributed by atoms with Crippen LogP contribution in [-0.4, -0.2) is 58.8 Å². The number of piperidine rings is 2. The van der Waals surface area contributed by atoms with Gasteiger partial charge in [-0.15, -0.1) is 0 Å². The molecule has 28 heavy (non-hydrogen) atoms. The quantitative estimate of drug-likeness (QED) is 0.862. The molecule has 7 heteroatoms. The molecular weight excluding hydrogens is 354 g/mol. The Morgan fingerprint density at radius 2 is 2.14 bits per heavy atom. The number of hydrogen-bond acceptors (Lipinski definition) is 5. The van der Waals surface area contributed by atoms with Crippen molar-refractivity contribution in [1.29, 1.82) is 0 Å². The first-order valence-electron chi connectivity index (χ1n) is 10.4. The first-order valence-corrected chi connectivity index (χ1v) is 10.4. The van der Waals surface area contributed by atoms with Crippen LogP contribution in [0.3, 0.4) is 0 Å². The summed E-state index contributed by atoms with van der Waals surface area (Å²) >= 11 is 0. The summed E-state index contributed by atoms with van der Waals surface area (Å²) in [7, 11) is 0. The van der Waals surface area contributed by atoms with Crippen LogP contribution < -0.4 is 4.90 Å². The van der Waals surface area contributed by atoms with Crippen LogP contribution in [0.2, 0.25) is 0 Å². The summed E-state index contributed by atoms with van der Waals surface area (Å²) in [5.41, 5.74) is 2.11. The molecular formula is C21H27N5O2. The summed E-state index contributed by atoms with van der Waals surface area (Å²) in [5, 5.41) is 7.38. The number of aromatic amines is 1.